The van der Waals surface area contributed by atoms with Crippen LogP contribution in [0.15, 0.2) is 0 Å². The highest BCUT2D eigenvalue weighted by atomic mass is 16.2. The van der Waals surface area contributed by atoms with Crippen molar-refractivity contribution < 1.29 is 4.79 Å². The number of piperidine rings is 1. The molecule has 1 saturated heterocycles. The third kappa shape index (κ3) is 5.91. The summed E-state index contributed by atoms with van der Waals surface area (Å²) in [5.74, 6) is 1.68. The lowest BCUT2D eigenvalue weighted by Gasteiger charge is -2.33. The summed E-state index contributed by atoms with van der Waals surface area (Å²) in [6.07, 6.45) is 2.32. The molecule has 4 nitrogen and oxygen atoms in total. The van der Waals surface area contributed by atoms with Crippen molar-refractivity contribution in [2.24, 2.45) is 11.8 Å². The molecule has 4 heteroatoms. The maximum Gasteiger partial charge on any atom is 0.236 e. The Morgan fingerprint density at radius 1 is 1.26 bits per heavy atom. The highest BCUT2D eigenvalue weighted by Gasteiger charge is 2.21. The van der Waals surface area contributed by atoms with Gasteiger partial charge in [-0.25, -0.2) is 0 Å². The van der Waals surface area contributed by atoms with E-state index in [1.165, 1.54) is 0 Å². The summed E-state index contributed by atoms with van der Waals surface area (Å²) in [5, 5.41) is 3.68. The number of carbonyl (C=O) groups is 1. The molecule has 0 aliphatic carbocycles. The van der Waals surface area contributed by atoms with Crippen LogP contribution >= 0.6 is 0 Å². The molecule has 0 aromatic rings. The molecule has 1 unspecified atom stereocenters. The Bertz CT molecular complexity index is 271. The molecule has 1 aliphatic rings. The first-order chi connectivity index (χ1) is 8.90. The van der Waals surface area contributed by atoms with Gasteiger partial charge in [0, 0.05) is 33.2 Å². The molecule has 1 atom stereocenters. The Morgan fingerprint density at radius 3 is 2.32 bits per heavy atom. The zero-order valence-electron chi connectivity index (χ0n) is 13.3. The van der Waals surface area contributed by atoms with Crippen molar-refractivity contribution in [3.63, 3.8) is 0 Å². The lowest BCUT2D eigenvalue weighted by molar-refractivity contribution is -0.130. The van der Waals surface area contributed by atoms with Gasteiger partial charge in [0.2, 0.25) is 5.91 Å². The first-order valence-electron chi connectivity index (χ1n) is 7.56. The monoisotopic (exact) mass is 269 g/mol. The van der Waals surface area contributed by atoms with E-state index < -0.39 is 0 Å². The van der Waals surface area contributed by atoms with Crippen LogP contribution in [0.3, 0.4) is 0 Å². The van der Waals surface area contributed by atoms with E-state index in [4.69, 9.17) is 0 Å². The van der Waals surface area contributed by atoms with E-state index in [9.17, 15) is 4.79 Å². The summed E-state index contributed by atoms with van der Waals surface area (Å²) in [6, 6.07) is 0.631. The van der Waals surface area contributed by atoms with Crippen molar-refractivity contribution in [3.05, 3.63) is 0 Å². The first-order valence-corrected chi connectivity index (χ1v) is 7.56. The summed E-state index contributed by atoms with van der Waals surface area (Å²) >= 11 is 0. The van der Waals surface area contributed by atoms with Crippen LogP contribution in [0.5, 0.6) is 0 Å². The van der Waals surface area contributed by atoms with Crippen LogP contribution in [0.1, 0.15) is 33.6 Å². The van der Waals surface area contributed by atoms with E-state index >= 15 is 0 Å². The largest absolute Gasteiger partial charge is 0.348 e. The van der Waals surface area contributed by atoms with E-state index in [1.54, 1.807) is 4.90 Å². The van der Waals surface area contributed by atoms with Gasteiger partial charge in [0.1, 0.15) is 0 Å². The minimum absolute atomic E-state index is 0.208. The van der Waals surface area contributed by atoms with Crippen LogP contribution < -0.4 is 5.32 Å². The van der Waals surface area contributed by atoms with Crippen molar-refractivity contribution in [3.8, 4) is 0 Å². The van der Waals surface area contributed by atoms with Gasteiger partial charge in [-0.2, -0.15) is 0 Å². The molecule has 0 aromatic carbocycles. The van der Waals surface area contributed by atoms with Crippen molar-refractivity contribution in [2.75, 3.05) is 40.3 Å². The van der Waals surface area contributed by atoms with Crippen molar-refractivity contribution in [1.29, 1.82) is 0 Å². The van der Waals surface area contributed by atoms with Gasteiger partial charge in [0.05, 0.1) is 6.54 Å². The summed E-state index contributed by atoms with van der Waals surface area (Å²) < 4.78 is 0. The molecule has 1 rings (SSSR count). The van der Waals surface area contributed by atoms with Gasteiger partial charge >= 0.3 is 0 Å². The van der Waals surface area contributed by atoms with E-state index in [2.05, 4.69) is 31.0 Å². The molecule has 0 spiro atoms. The number of nitrogens with one attached hydrogen (secondary N) is 1. The number of carbonyl (C=O) groups excluding carboxylic acids is 1. The van der Waals surface area contributed by atoms with Crippen molar-refractivity contribution in [1.82, 2.24) is 15.1 Å². The third-order valence-electron chi connectivity index (χ3n) is 4.31. The zero-order chi connectivity index (χ0) is 14.4. The molecule has 0 saturated carbocycles. The molecule has 1 aliphatic heterocycles. The Labute approximate surface area is 118 Å². The Kier molecular flexibility index (Phi) is 6.80. The summed E-state index contributed by atoms with van der Waals surface area (Å²) in [4.78, 5) is 15.6. The van der Waals surface area contributed by atoms with E-state index in [0.29, 0.717) is 12.6 Å². The maximum atomic E-state index is 11.7. The van der Waals surface area contributed by atoms with Crippen LogP contribution in [0.2, 0.25) is 0 Å². The Hall–Kier alpha value is -0.610. The number of likely N-dealkylation sites (N-methyl/N-ethyl adjacent to an activating group) is 1. The van der Waals surface area contributed by atoms with Crippen molar-refractivity contribution >= 4 is 5.91 Å². The summed E-state index contributed by atoms with van der Waals surface area (Å²) in [6.45, 7) is 10.6. The number of nitrogens with zero attached hydrogens (tertiary/aromatic N) is 2. The third-order valence-corrected chi connectivity index (χ3v) is 4.31. The van der Waals surface area contributed by atoms with Gasteiger partial charge in [-0.1, -0.05) is 20.8 Å². The van der Waals surface area contributed by atoms with Crippen LogP contribution in [-0.4, -0.2) is 62.0 Å². The van der Waals surface area contributed by atoms with Gasteiger partial charge in [-0.05, 0) is 31.2 Å². The molecular weight excluding hydrogens is 238 g/mol. The zero-order valence-corrected chi connectivity index (χ0v) is 13.3. The highest BCUT2D eigenvalue weighted by molar-refractivity contribution is 5.77. The fourth-order valence-corrected chi connectivity index (χ4v) is 2.22. The van der Waals surface area contributed by atoms with E-state index in [0.717, 1.165) is 44.3 Å². The molecule has 1 heterocycles. The van der Waals surface area contributed by atoms with Gasteiger partial charge in [0.25, 0.3) is 0 Å². The van der Waals surface area contributed by atoms with E-state index in [-0.39, 0.29) is 5.91 Å². The number of likely N-dealkylation sites (tertiary alicyclic amines) is 1. The second-order valence-corrected chi connectivity index (χ2v) is 6.47. The fraction of sp³-hybridized carbons (Fsp3) is 0.933. The average Bonchev–Trinajstić information content (AvgIpc) is 2.37. The van der Waals surface area contributed by atoms with Gasteiger partial charge in [0.15, 0.2) is 0 Å². The molecule has 19 heavy (non-hydrogen) atoms. The molecule has 0 aromatic heterocycles. The van der Waals surface area contributed by atoms with Crippen LogP contribution in [0.25, 0.3) is 0 Å². The molecule has 1 fully saturated rings. The standard InChI is InChI=1S/C15H31N3O/c1-12(2)13(3)10-16-14-6-8-18(9-7-14)11-15(19)17(4)5/h12-14,16H,6-11H2,1-5H3. The quantitative estimate of drug-likeness (QED) is 0.792. The second kappa shape index (κ2) is 7.85. The van der Waals surface area contributed by atoms with E-state index in [1.807, 2.05) is 14.1 Å². The summed E-state index contributed by atoms with van der Waals surface area (Å²) in [5.41, 5.74) is 0. The van der Waals surface area contributed by atoms with Crippen LogP contribution in [0, 0.1) is 11.8 Å². The van der Waals surface area contributed by atoms with Crippen LogP contribution in [-0.2, 0) is 4.79 Å². The average molecular weight is 269 g/mol. The molecular formula is C15H31N3O. The first kappa shape index (κ1) is 16.4. The van der Waals surface area contributed by atoms with Gasteiger partial charge in [-0.3, -0.25) is 9.69 Å². The number of amides is 1. The summed E-state index contributed by atoms with van der Waals surface area (Å²) in [7, 11) is 3.65. The molecule has 112 valence electrons. The SMILES string of the molecule is CC(C)C(C)CNC1CCN(CC(=O)N(C)C)CC1. The fourth-order valence-electron chi connectivity index (χ4n) is 2.22. The topological polar surface area (TPSA) is 35.6 Å². The lowest BCUT2D eigenvalue weighted by Crippen LogP contribution is -2.46. The molecule has 0 bridgehead atoms. The van der Waals surface area contributed by atoms with Crippen molar-refractivity contribution in [2.45, 2.75) is 39.7 Å². The number of rotatable bonds is 6. The molecule has 1 N–H and O–H groups in total. The predicted molar refractivity (Wildman–Crippen MR) is 80.2 cm³/mol. The minimum Gasteiger partial charge on any atom is -0.348 e. The smallest absolute Gasteiger partial charge is 0.236 e. The Morgan fingerprint density at radius 2 is 1.84 bits per heavy atom. The molecule has 0 radical (unpaired) electrons. The lowest BCUT2D eigenvalue weighted by atomic mass is 9.97. The Balaban J connectivity index is 2.20. The number of hydrogen-bond donors (Lipinski definition) is 1. The molecule has 1 amide bonds. The van der Waals surface area contributed by atoms with Crippen LogP contribution in [0.4, 0.5) is 0 Å². The highest BCUT2D eigenvalue weighted by Crippen LogP contribution is 2.13. The second-order valence-electron chi connectivity index (χ2n) is 6.47. The minimum atomic E-state index is 0.208. The normalized spacial score (nSPS) is 19.7. The van der Waals surface area contributed by atoms with Gasteiger partial charge < -0.3 is 10.2 Å². The van der Waals surface area contributed by atoms with Gasteiger partial charge in [-0.15, -0.1) is 0 Å². The predicted octanol–water partition coefficient (Wildman–Crippen LogP) is 1.42. The number of hydrogen-bond acceptors (Lipinski definition) is 3. The maximum absolute atomic E-state index is 11.7.